The number of nitrogens with zero attached hydrogens (tertiary/aromatic N) is 6. The number of hydrogen-bond donors (Lipinski definition) is 0. The lowest BCUT2D eigenvalue weighted by Crippen LogP contribution is -2.14. The molecule has 0 unspecified atom stereocenters. The normalized spacial score (nSPS) is 11.6. The molecule has 0 aliphatic heterocycles. The molecule has 0 saturated heterocycles. The predicted molar refractivity (Wildman–Crippen MR) is 135 cm³/mol. The number of aryl methyl sites for hydroxylation is 1. The number of halogens is 4. The molecule has 0 atom stereocenters. The summed E-state index contributed by atoms with van der Waals surface area (Å²) in [5.41, 5.74) is 1.02. The van der Waals surface area contributed by atoms with Gasteiger partial charge in [0.15, 0.2) is 5.69 Å². The zero-order valence-electron chi connectivity index (χ0n) is 20.4. The molecule has 0 amide bonds. The zero-order valence-corrected chi connectivity index (χ0v) is 21.1. The van der Waals surface area contributed by atoms with Gasteiger partial charge in [-0.1, -0.05) is 35.9 Å². The first kappa shape index (κ1) is 25.3. The van der Waals surface area contributed by atoms with Crippen LogP contribution in [-0.2, 0) is 13.2 Å². The third-order valence-electron chi connectivity index (χ3n) is 5.71. The van der Waals surface area contributed by atoms with Crippen LogP contribution in [0.5, 0.6) is 11.5 Å². The largest absolute Gasteiger partial charge is 0.497 e. The minimum absolute atomic E-state index is 0.0292. The zero-order chi connectivity index (χ0) is 27.0. The van der Waals surface area contributed by atoms with Crippen LogP contribution in [0, 0.1) is 0 Å². The molecule has 38 heavy (non-hydrogen) atoms. The summed E-state index contributed by atoms with van der Waals surface area (Å²) in [5, 5.41) is 8.84. The van der Waals surface area contributed by atoms with Crippen LogP contribution in [0.1, 0.15) is 5.69 Å². The molecule has 0 bridgehead atoms. The number of ether oxygens (including phenoxy) is 2. The fourth-order valence-electron chi connectivity index (χ4n) is 3.89. The van der Waals surface area contributed by atoms with Crippen LogP contribution in [0.3, 0.4) is 0 Å². The van der Waals surface area contributed by atoms with Crippen LogP contribution in [0.25, 0.3) is 39.7 Å². The highest BCUT2D eigenvalue weighted by Crippen LogP contribution is 2.40. The SMILES string of the molecule is COc1cccc(-c2nn(-c3nc(-c4cnn(C)c4)cc(C(F)(F)F)n3)c(-c3cccc(OC)c3)c2Cl)c1. The van der Waals surface area contributed by atoms with Gasteiger partial charge in [-0.05, 0) is 30.3 Å². The molecule has 5 aromatic rings. The van der Waals surface area contributed by atoms with Gasteiger partial charge in [-0.2, -0.15) is 28.1 Å². The van der Waals surface area contributed by atoms with Crippen molar-refractivity contribution in [3.8, 4) is 51.2 Å². The molecule has 2 aromatic carbocycles. The van der Waals surface area contributed by atoms with E-state index in [1.165, 1.54) is 29.8 Å². The van der Waals surface area contributed by atoms with Crippen LogP contribution >= 0.6 is 11.6 Å². The van der Waals surface area contributed by atoms with Crippen LogP contribution in [0.2, 0.25) is 5.02 Å². The van der Waals surface area contributed by atoms with E-state index in [1.807, 2.05) is 0 Å². The highest BCUT2D eigenvalue weighted by molar-refractivity contribution is 6.35. The van der Waals surface area contributed by atoms with Gasteiger partial charge in [-0.25, -0.2) is 9.97 Å². The summed E-state index contributed by atoms with van der Waals surface area (Å²) in [7, 11) is 4.69. The molecule has 0 fully saturated rings. The van der Waals surface area contributed by atoms with Gasteiger partial charge in [-0.15, -0.1) is 0 Å². The van der Waals surface area contributed by atoms with Gasteiger partial charge in [0, 0.05) is 29.9 Å². The van der Waals surface area contributed by atoms with E-state index in [4.69, 9.17) is 21.1 Å². The Bertz CT molecular complexity index is 1630. The summed E-state index contributed by atoms with van der Waals surface area (Å²) < 4.78 is 55.2. The molecule has 0 N–H and O–H groups in total. The highest BCUT2D eigenvalue weighted by Gasteiger charge is 2.35. The van der Waals surface area contributed by atoms with Crippen molar-refractivity contribution < 1.29 is 22.6 Å². The van der Waals surface area contributed by atoms with Gasteiger partial charge in [0.05, 0.1) is 36.8 Å². The fraction of sp³-hybridized carbons (Fsp3) is 0.154. The van der Waals surface area contributed by atoms with E-state index < -0.39 is 11.9 Å². The Hall–Kier alpha value is -4.38. The van der Waals surface area contributed by atoms with E-state index in [9.17, 15) is 13.2 Å². The molecular formula is C26H20ClF3N6O2. The van der Waals surface area contributed by atoms with Crippen molar-refractivity contribution in [1.29, 1.82) is 0 Å². The molecule has 0 aliphatic carbocycles. The molecule has 0 saturated carbocycles. The van der Waals surface area contributed by atoms with Crippen molar-refractivity contribution >= 4 is 11.6 Å². The first-order valence-corrected chi connectivity index (χ1v) is 11.6. The van der Waals surface area contributed by atoms with Crippen molar-refractivity contribution in [2.75, 3.05) is 14.2 Å². The number of alkyl halides is 3. The average Bonchev–Trinajstić information content (AvgIpc) is 3.51. The van der Waals surface area contributed by atoms with Gasteiger partial charge >= 0.3 is 6.18 Å². The maximum absolute atomic E-state index is 13.9. The lowest BCUT2D eigenvalue weighted by atomic mass is 10.1. The Morgan fingerprint density at radius 1 is 0.868 bits per heavy atom. The Morgan fingerprint density at radius 2 is 1.53 bits per heavy atom. The van der Waals surface area contributed by atoms with Crippen molar-refractivity contribution in [2.24, 2.45) is 7.05 Å². The van der Waals surface area contributed by atoms with Crippen molar-refractivity contribution in [2.45, 2.75) is 6.18 Å². The van der Waals surface area contributed by atoms with Crippen LogP contribution < -0.4 is 9.47 Å². The van der Waals surface area contributed by atoms with Crippen molar-refractivity contribution in [3.05, 3.63) is 77.7 Å². The molecule has 12 heteroatoms. The Balaban J connectivity index is 1.80. The van der Waals surface area contributed by atoms with Gasteiger partial charge in [0.25, 0.3) is 5.95 Å². The predicted octanol–water partition coefficient (Wildman–Crippen LogP) is 6.09. The molecule has 8 nitrogen and oxygen atoms in total. The number of benzene rings is 2. The topological polar surface area (TPSA) is 79.9 Å². The minimum Gasteiger partial charge on any atom is -0.497 e. The summed E-state index contributed by atoms with van der Waals surface area (Å²) in [6, 6.07) is 14.8. The molecule has 5 rings (SSSR count). The van der Waals surface area contributed by atoms with E-state index in [2.05, 4.69) is 20.2 Å². The second-order valence-corrected chi connectivity index (χ2v) is 8.60. The third kappa shape index (κ3) is 4.80. The summed E-state index contributed by atoms with van der Waals surface area (Å²) >= 11 is 6.87. The minimum atomic E-state index is -4.74. The fourth-order valence-corrected chi connectivity index (χ4v) is 4.23. The number of methoxy groups -OCH3 is 2. The third-order valence-corrected chi connectivity index (χ3v) is 6.07. The van der Waals surface area contributed by atoms with Crippen LogP contribution in [0.4, 0.5) is 13.2 Å². The molecule has 0 spiro atoms. The number of aromatic nitrogens is 6. The standard InChI is InChI=1S/C26H20ClF3N6O2/c1-35-14-17(13-31-35)20-12-21(26(28,29)30)33-25(32-20)36-24(16-7-5-9-19(11-16)38-3)22(27)23(34-36)15-6-4-8-18(10-15)37-2/h4-14H,1-3H3. The first-order valence-electron chi connectivity index (χ1n) is 11.2. The average molecular weight is 541 g/mol. The Morgan fingerprint density at radius 3 is 2.13 bits per heavy atom. The maximum Gasteiger partial charge on any atom is 0.433 e. The van der Waals surface area contributed by atoms with E-state index in [0.717, 1.165) is 6.07 Å². The van der Waals surface area contributed by atoms with Gasteiger partial charge in [0.2, 0.25) is 0 Å². The second kappa shape index (κ2) is 9.82. The number of hydrogen-bond acceptors (Lipinski definition) is 6. The van der Waals surface area contributed by atoms with Gasteiger partial charge in [0.1, 0.15) is 17.2 Å². The Labute approximate surface area is 220 Å². The van der Waals surface area contributed by atoms with Crippen LogP contribution in [0.15, 0.2) is 67.0 Å². The monoisotopic (exact) mass is 540 g/mol. The molecule has 194 valence electrons. The lowest BCUT2D eigenvalue weighted by Gasteiger charge is -2.12. The van der Waals surface area contributed by atoms with E-state index in [1.54, 1.807) is 61.8 Å². The maximum atomic E-state index is 13.9. The second-order valence-electron chi connectivity index (χ2n) is 8.23. The van der Waals surface area contributed by atoms with E-state index in [0.29, 0.717) is 39.6 Å². The quantitative estimate of drug-likeness (QED) is 0.259. The number of rotatable bonds is 6. The summed E-state index contributed by atoms with van der Waals surface area (Å²) in [6.07, 6.45) is -1.75. The van der Waals surface area contributed by atoms with Crippen molar-refractivity contribution in [3.63, 3.8) is 0 Å². The smallest absolute Gasteiger partial charge is 0.433 e. The van der Waals surface area contributed by atoms with Gasteiger partial charge in [-0.3, -0.25) is 4.68 Å². The lowest BCUT2D eigenvalue weighted by molar-refractivity contribution is -0.141. The molecule has 0 radical (unpaired) electrons. The van der Waals surface area contributed by atoms with Gasteiger partial charge < -0.3 is 9.47 Å². The summed E-state index contributed by atoms with van der Waals surface area (Å²) in [4.78, 5) is 8.27. The Kier molecular flexibility index (Phi) is 6.53. The molecule has 3 heterocycles. The van der Waals surface area contributed by atoms with Crippen molar-refractivity contribution in [1.82, 2.24) is 29.5 Å². The van der Waals surface area contributed by atoms with E-state index >= 15 is 0 Å². The molecular weight excluding hydrogens is 521 g/mol. The summed E-state index contributed by atoms with van der Waals surface area (Å²) in [5.74, 6) is 0.771. The first-order chi connectivity index (χ1) is 18.2. The molecule has 3 aromatic heterocycles. The highest BCUT2D eigenvalue weighted by atomic mass is 35.5. The molecule has 0 aliphatic rings. The summed E-state index contributed by atoms with van der Waals surface area (Å²) in [6.45, 7) is 0. The van der Waals surface area contributed by atoms with Crippen LogP contribution in [-0.4, -0.2) is 43.7 Å². The van der Waals surface area contributed by atoms with E-state index in [-0.39, 0.29) is 16.7 Å².